The lowest BCUT2D eigenvalue weighted by Crippen LogP contribution is -2.21. The number of thiazole rings is 1. The van der Waals surface area contributed by atoms with Gasteiger partial charge in [-0.05, 0) is 19.0 Å². The van der Waals surface area contributed by atoms with Crippen LogP contribution in [0.4, 0.5) is 0 Å². The molecule has 16 heavy (non-hydrogen) atoms. The van der Waals surface area contributed by atoms with Crippen LogP contribution in [0.15, 0.2) is 0 Å². The summed E-state index contributed by atoms with van der Waals surface area (Å²) in [5, 5.41) is 2.18. The van der Waals surface area contributed by atoms with Gasteiger partial charge >= 0.3 is 0 Å². The van der Waals surface area contributed by atoms with Gasteiger partial charge in [0.15, 0.2) is 0 Å². The van der Waals surface area contributed by atoms with Gasteiger partial charge in [-0.15, -0.1) is 11.3 Å². The molecular weight excluding hydrogens is 284 g/mol. The molecule has 92 valence electrons. The van der Waals surface area contributed by atoms with Crippen molar-refractivity contribution < 1.29 is 0 Å². The highest BCUT2D eigenvalue weighted by Gasteiger charge is 2.14. The van der Waals surface area contributed by atoms with E-state index >= 15 is 0 Å². The van der Waals surface area contributed by atoms with E-state index in [0.717, 1.165) is 25.0 Å². The van der Waals surface area contributed by atoms with Crippen LogP contribution in [-0.2, 0) is 11.9 Å². The first kappa shape index (κ1) is 14.1. The molecule has 2 nitrogen and oxygen atoms in total. The molecule has 0 saturated heterocycles. The van der Waals surface area contributed by atoms with E-state index < -0.39 is 0 Å². The molecule has 1 heterocycles. The summed E-state index contributed by atoms with van der Waals surface area (Å²) in [6.45, 7) is 12.0. The highest BCUT2D eigenvalue weighted by Crippen LogP contribution is 2.27. The van der Waals surface area contributed by atoms with Crippen molar-refractivity contribution in [3.8, 4) is 0 Å². The van der Waals surface area contributed by atoms with Crippen molar-refractivity contribution in [2.45, 2.75) is 45.5 Å². The van der Waals surface area contributed by atoms with E-state index in [1.165, 1.54) is 15.6 Å². The van der Waals surface area contributed by atoms with Crippen LogP contribution >= 0.6 is 27.3 Å². The first-order chi connectivity index (χ1) is 7.62. The summed E-state index contributed by atoms with van der Waals surface area (Å²) in [6, 6.07) is 0. The van der Waals surface area contributed by atoms with E-state index in [9.17, 15) is 0 Å². The maximum absolute atomic E-state index is 4.76. The molecule has 0 radical (unpaired) electrons. The zero-order chi connectivity index (χ0) is 12.1. The molecular formula is C12H21BrN2S. The Balaban J connectivity index is 2.82. The monoisotopic (exact) mass is 304 g/mol. The van der Waals surface area contributed by atoms with Gasteiger partial charge < -0.3 is 0 Å². The molecule has 0 saturated carbocycles. The minimum atomic E-state index is 0.522. The van der Waals surface area contributed by atoms with Crippen LogP contribution in [0.25, 0.3) is 0 Å². The van der Waals surface area contributed by atoms with Gasteiger partial charge in [-0.25, -0.2) is 4.98 Å². The first-order valence-corrected chi connectivity index (χ1v) is 7.82. The van der Waals surface area contributed by atoms with Crippen LogP contribution in [0.3, 0.4) is 0 Å². The van der Waals surface area contributed by atoms with E-state index in [4.69, 9.17) is 4.98 Å². The average molecular weight is 305 g/mol. The third-order valence-corrected chi connectivity index (χ3v) is 4.68. The van der Waals surface area contributed by atoms with Gasteiger partial charge in [0.05, 0.1) is 12.2 Å². The molecule has 0 spiro atoms. The number of aromatic nitrogens is 1. The number of hydrogen-bond acceptors (Lipinski definition) is 3. The van der Waals surface area contributed by atoms with Crippen LogP contribution in [0.1, 0.15) is 49.2 Å². The van der Waals surface area contributed by atoms with Crippen molar-refractivity contribution in [3.05, 3.63) is 15.6 Å². The molecule has 0 aliphatic heterocycles. The predicted molar refractivity (Wildman–Crippen MR) is 75.5 cm³/mol. The second kappa shape index (κ2) is 6.72. The van der Waals surface area contributed by atoms with Crippen molar-refractivity contribution in [3.63, 3.8) is 0 Å². The minimum absolute atomic E-state index is 0.522. The largest absolute Gasteiger partial charge is 0.297 e. The molecule has 0 N–H and O–H groups in total. The third kappa shape index (κ3) is 3.54. The SMILES string of the molecule is CCN(CC)Cc1nc(C(C)C)c(CBr)s1. The highest BCUT2D eigenvalue weighted by atomic mass is 79.9. The molecule has 0 aliphatic carbocycles. The van der Waals surface area contributed by atoms with Gasteiger partial charge in [0.1, 0.15) is 5.01 Å². The maximum Gasteiger partial charge on any atom is 0.107 e. The summed E-state index contributed by atoms with van der Waals surface area (Å²) in [5.41, 5.74) is 1.27. The Morgan fingerprint density at radius 3 is 2.31 bits per heavy atom. The lowest BCUT2D eigenvalue weighted by Gasteiger charge is -2.15. The zero-order valence-electron chi connectivity index (χ0n) is 10.6. The van der Waals surface area contributed by atoms with Gasteiger partial charge in [-0.3, -0.25) is 4.90 Å². The smallest absolute Gasteiger partial charge is 0.107 e. The zero-order valence-corrected chi connectivity index (χ0v) is 13.0. The van der Waals surface area contributed by atoms with Crippen molar-refractivity contribution in [1.82, 2.24) is 9.88 Å². The Morgan fingerprint density at radius 1 is 1.31 bits per heavy atom. The normalized spacial score (nSPS) is 11.7. The number of halogens is 1. The lowest BCUT2D eigenvalue weighted by atomic mass is 10.1. The third-order valence-electron chi connectivity index (χ3n) is 2.69. The highest BCUT2D eigenvalue weighted by molar-refractivity contribution is 9.08. The summed E-state index contributed by atoms with van der Waals surface area (Å²) >= 11 is 5.39. The molecule has 0 unspecified atom stereocenters. The fourth-order valence-electron chi connectivity index (χ4n) is 1.67. The number of alkyl halides is 1. The van der Waals surface area contributed by atoms with Crippen molar-refractivity contribution in [2.75, 3.05) is 13.1 Å². The molecule has 0 fully saturated rings. The van der Waals surface area contributed by atoms with Gasteiger partial charge in [-0.1, -0.05) is 43.6 Å². The van der Waals surface area contributed by atoms with Crippen LogP contribution in [0.2, 0.25) is 0 Å². The van der Waals surface area contributed by atoms with E-state index in [-0.39, 0.29) is 0 Å². The van der Waals surface area contributed by atoms with E-state index in [0.29, 0.717) is 5.92 Å². The second-order valence-electron chi connectivity index (χ2n) is 4.17. The minimum Gasteiger partial charge on any atom is -0.297 e. The molecule has 1 rings (SSSR count). The maximum atomic E-state index is 4.76. The summed E-state index contributed by atoms with van der Waals surface area (Å²) in [7, 11) is 0. The topological polar surface area (TPSA) is 16.1 Å². The molecule has 1 aromatic heterocycles. The van der Waals surface area contributed by atoms with Crippen LogP contribution in [0, 0.1) is 0 Å². The Kier molecular flexibility index (Phi) is 5.94. The predicted octanol–water partition coefficient (Wildman–Crippen LogP) is 4.00. The number of nitrogens with zero attached hydrogens (tertiary/aromatic N) is 2. The van der Waals surface area contributed by atoms with Gasteiger partial charge in [0.2, 0.25) is 0 Å². The average Bonchev–Trinajstić information content (AvgIpc) is 2.69. The van der Waals surface area contributed by atoms with E-state index in [1.54, 1.807) is 0 Å². The molecule has 1 aromatic rings. The molecule has 0 aromatic carbocycles. The van der Waals surface area contributed by atoms with Crippen molar-refractivity contribution in [1.29, 1.82) is 0 Å². The summed E-state index contributed by atoms with van der Waals surface area (Å²) < 4.78 is 0. The summed E-state index contributed by atoms with van der Waals surface area (Å²) in [5.74, 6) is 0.522. The number of rotatable bonds is 6. The molecule has 4 heteroatoms. The van der Waals surface area contributed by atoms with Gasteiger partial charge in [0, 0.05) is 10.2 Å². The molecule has 0 bridgehead atoms. The number of hydrogen-bond donors (Lipinski definition) is 0. The first-order valence-electron chi connectivity index (χ1n) is 5.89. The summed E-state index contributed by atoms with van der Waals surface area (Å²) in [4.78, 5) is 8.55. The molecule has 0 aliphatic rings. The quantitative estimate of drug-likeness (QED) is 0.738. The Labute approximate surface area is 111 Å². The fraction of sp³-hybridized carbons (Fsp3) is 0.750. The summed E-state index contributed by atoms with van der Waals surface area (Å²) in [6.07, 6.45) is 0. The van der Waals surface area contributed by atoms with Crippen LogP contribution in [0.5, 0.6) is 0 Å². The Morgan fingerprint density at radius 2 is 1.94 bits per heavy atom. The van der Waals surface area contributed by atoms with Crippen LogP contribution in [-0.4, -0.2) is 23.0 Å². The van der Waals surface area contributed by atoms with Crippen molar-refractivity contribution in [2.24, 2.45) is 0 Å². The van der Waals surface area contributed by atoms with Crippen molar-refractivity contribution >= 4 is 27.3 Å². The van der Waals surface area contributed by atoms with E-state index in [2.05, 4.69) is 48.5 Å². The van der Waals surface area contributed by atoms with Gasteiger partial charge in [-0.2, -0.15) is 0 Å². The van der Waals surface area contributed by atoms with Crippen LogP contribution < -0.4 is 0 Å². The standard InChI is InChI=1S/C12H21BrN2S/c1-5-15(6-2)8-11-14-12(9(3)4)10(7-13)16-11/h9H,5-8H2,1-4H3. The second-order valence-corrected chi connectivity index (χ2v) is 5.89. The van der Waals surface area contributed by atoms with Gasteiger partial charge in [0.25, 0.3) is 0 Å². The molecule has 0 atom stereocenters. The Bertz CT molecular complexity index is 319. The van der Waals surface area contributed by atoms with E-state index in [1.807, 2.05) is 11.3 Å². The fourth-order valence-corrected chi connectivity index (χ4v) is 3.41. The molecule has 0 amide bonds. The lowest BCUT2D eigenvalue weighted by molar-refractivity contribution is 0.295. The Hall–Kier alpha value is 0.0700.